The number of aromatic nitrogens is 6. The summed E-state index contributed by atoms with van der Waals surface area (Å²) in [4.78, 5) is 29.5. The van der Waals surface area contributed by atoms with Crippen molar-refractivity contribution in [2.75, 3.05) is 0 Å². The Morgan fingerprint density at radius 3 is 0.704 bits per heavy atom. The van der Waals surface area contributed by atoms with Gasteiger partial charge in [0, 0.05) is 38.8 Å². The van der Waals surface area contributed by atoms with Gasteiger partial charge in [-0.2, -0.15) is 0 Å². The molecule has 0 saturated heterocycles. The molecule has 2 heterocycles. The largest absolute Gasteiger partial charge is 0.208 e. The lowest BCUT2D eigenvalue weighted by Crippen LogP contribution is -2.44. The maximum atomic E-state index is 4.95. The molecular weight excluding hydrogens is 1310 g/mol. The molecule has 2 aliphatic carbocycles. The number of benzene rings is 14. The zero-order valence-corrected chi connectivity index (χ0v) is 62.2. The zero-order chi connectivity index (χ0) is 73.7. The van der Waals surface area contributed by atoms with E-state index in [-0.39, 0.29) is 21.7 Å². The number of fused-ring (bicyclic) bond motifs is 6. The Bertz CT molecular complexity index is 5620. The Balaban J connectivity index is 0.000000158. The first-order valence-electron chi connectivity index (χ1n) is 37.4. The van der Waals surface area contributed by atoms with Crippen LogP contribution >= 0.6 is 0 Å². The summed E-state index contributed by atoms with van der Waals surface area (Å²) in [6.07, 6.45) is 0. The molecule has 0 spiro atoms. The van der Waals surface area contributed by atoms with Gasteiger partial charge in [-0.25, -0.2) is 29.9 Å². The maximum absolute atomic E-state index is 4.95. The number of hydrogen-bond donors (Lipinski definition) is 0. The molecule has 0 N–H and O–H groups in total. The summed E-state index contributed by atoms with van der Waals surface area (Å²) >= 11 is 0. The van der Waals surface area contributed by atoms with Gasteiger partial charge in [0.15, 0.2) is 34.9 Å². The molecule has 0 amide bonds. The standard InChI is InChI=1S/2C51H41N3/c1-50(2)45-32-31-39(33-44(45)43-26-16-25-42(46(43)51(50,3)4)34-17-8-5-9-18-34)41-24-15-14-23-40(41)35-27-29-38(30-28-35)49-53-47(36-19-10-6-11-20-36)52-48(54-49)37-21-12-7-13-22-37;1-50(2)45-30-28-39(34-16-8-5-9-17-34)32-43(45)44-33-40(29-31-46(44)51(50,3)4)42-23-15-14-22-41(42)35-24-26-38(27-25-35)49-53-47(36-18-10-6-11-19-36)52-48(54-49)37-20-12-7-13-21-37/h2*5-33H,1-4H3. The average molecular weight is 1390 g/mol. The Labute approximate surface area is 634 Å². The third-order valence-electron chi connectivity index (χ3n) is 23.4. The van der Waals surface area contributed by atoms with E-state index >= 15 is 0 Å². The molecule has 520 valence electrons. The molecule has 0 radical (unpaired) electrons. The fraction of sp³-hybridized carbons (Fsp3) is 0.118. The molecule has 0 aliphatic heterocycles. The van der Waals surface area contributed by atoms with Crippen LogP contribution in [0.2, 0.25) is 0 Å². The molecule has 14 aromatic carbocycles. The van der Waals surface area contributed by atoms with Crippen molar-refractivity contribution in [3.63, 3.8) is 0 Å². The number of rotatable bonds is 12. The van der Waals surface area contributed by atoms with E-state index in [2.05, 4.69) is 286 Å². The van der Waals surface area contributed by atoms with Gasteiger partial charge in [0.05, 0.1) is 0 Å². The average Bonchev–Trinajstić information content (AvgIpc) is 0.708. The van der Waals surface area contributed by atoms with Crippen molar-refractivity contribution in [3.05, 3.63) is 374 Å². The third-order valence-corrected chi connectivity index (χ3v) is 23.4. The molecule has 2 aliphatic rings. The first kappa shape index (κ1) is 68.2. The van der Waals surface area contributed by atoms with Gasteiger partial charge in [-0.05, 0) is 146 Å². The fourth-order valence-electron chi connectivity index (χ4n) is 16.2. The summed E-state index contributed by atoms with van der Waals surface area (Å²) in [5.74, 6) is 3.93. The van der Waals surface area contributed by atoms with Crippen LogP contribution in [-0.4, -0.2) is 29.9 Å². The predicted molar refractivity (Wildman–Crippen MR) is 448 cm³/mol. The lowest BCUT2D eigenvalue weighted by Gasteiger charge is -2.49. The van der Waals surface area contributed by atoms with Crippen molar-refractivity contribution in [1.82, 2.24) is 29.9 Å². The van der Waals surface area contributed by atoms with E-state index in [4.69, 9.17) is 29.9 Å². The highest BCUT2D eigenvalue weighted by atomic mass is 15.0. The first-order valence-corrected chi connectivity index (χ1v) is 37.4. The second-order valence-corrected chi connectivity index (χ2v) is 30.6. The van der Waals surface area contributed by atoms with E-state index in [0.29, 0.717) is 34.9 Å². The summed E-state index contributed by atoms with van der Waals surface area (Å²) in [7, 11) is 0. The molecule has 6 heteroatoms. The topological polar surface area (TPSA) is 77.3 Å². The molecule has 18 rings (SSSR count). The van der Waals surface area contributed by atoms with Crippen molar-refractivity contribution in [3.8, 4) is 157 Å². The van der Waals surface area contributed by atoms with Crippen LogP contribution in [0.1, 0.15) is 77.6 Å². The molecule has 108 heavy (non-hydrogen) atoms. The summed E-state index contributed by atoms with van der Waals surface area (Å²) in [6.45, 7) is 19.2. The van der Waals surface area contributed by atoms with Crippen molar-refractivity contribution in [1.29, 1.82) is 0 Å². The van der Waals surface area contributed by atoms with E-state index < -0.39 is 0 Å². The van der Waals surface area contributed by atoms with Crippen LogP contribution in [0.5, 0.6) is 0 Å². The smallest absolute Gasteiger partial charge is 0.164 e. The molecule has 0 saturated carbocycles. The first-order chi connectivity index (χ1) is 52.6. The summed E-state index contributed by atoms with van der Waals surface area (Å²) in [5, 5.41) is 0. The van der Waals surface area contributed by atoms with Gasteiger partial charge in [-0.15, -0.1) is 0 Å². The van der Waals surface area contributed by atoms with E-state index in [1.807, 2.05) is 121 Å². The highest BCUT2D eigenvalue weighted by Crippen LogP contribution is 2.58. The lowest BCUT2D eigenvalue weighted by atomic mass is 9.54. The van der Waals surface area contributed by atoms with Crippen molar-refractivity contribution >= 4 is 0 Å². The Hall–Kier alpha value is -12.9. The van der Waals surface area contributed by atoms with E-state index in [1.54, 1.807) is 0 Å². The van der Waals surface area contributed by atoms with Crippen molar-refractivity contribution < 1.29 is 0 Å². The second kappa shape index (κ2) is 27.9. The molecule has 0 atom stereocenters. The monoisotopic (exact) mass is 1390 g/mol. The second-order valence-electron chi connectivity index (χ2n) is 30.6. The van der Waals surface area contributed by atoms with E-state index in [1.165, 1.54) is 100 Å². The van der Waals surface area contributed by atoms with E-state index in [0.717, 1.165) is 44.5 Å². The van der Waals surface area contributed by atoms with Crippen molar-refractivity contribution in [2.45, 2.75) is 77.0 Å². The van der Waals surface area contributed by atoms with Gasteiger partial charge in [-0.1, -0.05) is 389 Å². The number of nitrogens with zero attached hydrogens (tertiary/aromatic N) is 6. The van der Waals surface area contributed by atoms with Crippen LogP contribution in [0.3, 0.4) is 0 Å². The molecule has 6 nitrogen and oxygen atoms in total. The molecule has 0 bridgehead atoms. The minimum Gasteiger partial charge on any atom is -0.208 e. The summed E-state index contributed by atoms with van der Waals surface area (Å²) in [5.41, 5.74) is 30.8. The van der Waals surface area contributed by atoms with Gasteiger partial charge in [0.2, 0.25) is 0 Å². The Morgan fingerprint density at radius 1 is 0.148 bits per heavy atom. The molecular formula is C102H82N6. The highest BCUT2D eigenvalue weighted by Gasteiger charge is 2.48. The van der Waals surface area contributed by atoms with Crippen LogP contribution < -0.4 is 0 Å². The normalized spacial score (nSPS) is 13.9. The minimum atomic E-state index is -0.0934. The molecule has 2 aromatic heterocycles. The van der Waals surface area contributed by atoms with Crippen LogP contribution in [0, 0.1) is 0 Å². The van der Waals surface area contributed by atoms with Crippen LogP contribution in [0.15, 0.2) is 352 Å². The van der Waals surface area contributed by atoms with Gasteiger partial charge in [0.1, 0.15) is 0 Å². The number of hydrogen-bond acceptors (Lipinski definition) is 6. The van der Waals surface area contributed by atoms with Crippen molar-refractivity contribution in [2.24, 2.45) is 0 Å². The Morgan fingerprint density at radius 2 is 0.361 bits per heavy atom. The molecule has 0 fully saturated rings. The van der Waals surface area contributed by atoms with Gasteiger partial charge >= 0.3 is 0 Å². The van der Waals surface area contributed by atoms with Gasteiger partial charge in [0.25, 0.3) is 0 Å². The maximum Gasteiger partial charge on any atom is 0.164 e. The quantitative estimate of drug-likeness (QED) is 0.121. The van der Waals surface area contributed by atoms with Crippen LogP contribution in [-0.2, 0) is 21.7 Å². The highest BCUT2D eigenvalue weighted by molar-refractivity contribution is 5.93. The summed E-state index contributed by atoms with van der Waals surface area (Å²) in [6, 6.07) is 125. The SMILES string of the molecule is CC1(C)c2ccc(-c3ccccc3)cc2-c2cc(-c3ccccc3-c3ccc(-c4nc(-c5ccccc5)nc(-c5ccccc5)n4)cc3)ccc2C1(C)C.CC1(C)c2ccc(-c3ccccc3-c3ccc(-c4nc(-c5ccccc5)nc(-c5ccccc5)n4)cc3)cc2-c2cccc(-c3ccccc3)c2C1(C)C. The lowest BCUT2D eigenvalue weighted by molar-refractivity contribution is 0.299. The molecule has 16 aromatic rings. The van der Waals surface area contributed by atoms with E-state index in [9.17, 15) is 0 Å². The van der Waals surface area contributed by atoms with Crippen LogP contribution in [0.25, 0.3) is 157 Å². The third kappa shape index (κ3) is 12.4. The zero-order valence-electron chi connectivity index (χ0n) is 62.2. The van der Waals surface area contributed by atoms with Gasteiger partial charge in [-0.3, -0.25) is 0 Å². The summed E-state index contributed by atoms with van der Waals surface area (Å²) < 4.78 is 0. The predicted octanol–water partition coefficient (Wildman–Crippen LogP) is 26.2. The van der Waals surface area contributed by atoms with Crippen LogP contribution in [0.4, 0.5) is 0 Å². The fourth-order valence-corrected chi connectivity index (χ4v) is 16.2. The Kier molecular flexibility index (Phi) is 17.6. The minimum absolute atomic E-state index is 0.0476. The molecule has 0 unspecified atom stereocenters. The van der Waals surface area contributed by atoms with Gasteiger partial charge < -0.3 is 0 Å².